The van der Waals surface area contributed by atoms with Gasteiger partial charge in [-0.3, -0.25) is 4.79 Å². The number of hydrogen-bond donors (Lipinski definition) is 1. The largest absolute Gasteiger partial charge is 0.321 e. The van der Waals surface area contributed by atoms with Crippen LogP contribution in [0.15, 0.2) is 30.3 Å². The number of carbonyl (C=O) groups is 1. The summed E-state index contributed by atoms with van der Waals surface area (Å²) < 4.78 is 2.72. The van der Waals surface area contributed by atoms with E-state index in [-0.39, 0.29) is 5.91 Å². The molecule has 0 fully saturated rings. The standard InChI is InChI=1S/C18H16Cl2N4OS/c19-13-6-5-11(21-18(25)14-7-8-15(20)26-14)10-12(13)17-23-22-16-4-2-1-3-9-24(16)17/h5-8,10H,1-4,9H2,(H,21,25). The lowest BCUT2D eigenvalue weighted by atomic mass is 10.1. The fraction of sp³-hybridized carbons (Fsp3) is 0.278. The summed E-state index contributed by atoms with van der Waals surface area (Å²) in [5, 5.41) is 12.2. The van der Waals surface area contributed by atoms with E-state index in [2.05, 4.69) is 20.1 Å². The van der Waals surface area contributed by atoms with Crippen molar-refractivity contribution < 1.29 is 4.79 Å². The third-order valence-corrected chi connectivity index (χ3v) is 5.93. The van der Waals surface area contributed by atoms with E-state index in [0.29, 0.717) is 19.9 Å². The van der Waals surface area contributed by atoms with Crippen LogP contribution in [0.4, 0.5) is 5.69 Å². The summed E-state index contributed by atoms with van der Waals surface area (Å²) in [5.74, 6) is 1.55. The number of rotatable bonds is 3. The van der Waals surface area contributed by atoms with Gasteiger partial charge in [0.2, 0.25) is 0 Å². The fourth-order valence-electron chi connectivity index (χ4n) is 3.09. The number of carbonyl (C=O) groups excluding carboxylic acids is 1. The van der Waals surface area contributed by atoms with Crippen LogP contribution in [0.25, 0.3) is 11.4 Å². The molecule has 2 aromatic heterocycles. The Balaban J connectivity index is 1.65. The normalized spacial score (nSPS) is 13.9. The summed E-state index contributed by atoms with van der Waals surface area (Å²) in [6.45, 7) is 0.887. The van der Waals surface area contributed by atoms with Crippen molar-refractivity contribution in [3.8, 4) is 11.4 Å². The van der Waals surface area contributed by atoms with Gasteiger partial charge < -0.3 is 9.88 Å². The van der Waals surface area contributed by atoms with Crippen LogP contribution in [-0.4, -0.2) is 20.7 Å². The van der Waals surface area contributed by atoms with Crippen LogP contribution in [0.5, 0.6) is 0 Å². The molecule has 4 rings (SSSR count). The van der Waals surface area contributed by atoms with Crippen LogP contribution in [0, 0.1) is 0 Å². The molecule has 8 heteroatoms. The van der Waals surface area contributed by atoms with Crippen molar-refractivity contribution in [2.45, 2.75) is 32.2 Å². The lowest BCUT2D eigenvalue weighted by Crippen LogP contribution is -2.10. The molecule has 0 unspecified atom stereocenters. The number of fused-ring (bicyclic) bond motifs is 1. The minimum absolute atomic E-state index is 0.199. The number of nitrogens with zero attached hydrogens (tertiary/aromatic N) is 3. The van der Waals surface area contributed by atoms with Crippen LogP contribution in [0.1, 0.15) is 34.8 Å². The van der Waals surface area contributed by atoms with E-state index in [1.54, 1.807) is 24.3 Å². The van der Waals surface area contributed by atoms with Gasteiger partial charge in [0.05, 0.1) is 14.2 Å². The second-order valence-corrected chi connectivity index (χ2v) is 8.28. The van der Waals surface area contributed by atoms with E-state index < -0.39 is 0 Å². The first-order valence-corrected chi connectivity index (χ1v) is 9.98. The van der Waals surface area contributed by atoms with Gasteiger partial charge in [-0.15, -0.1) is 21.5 Å². The number of aryl methyl sites for hydroxylation is 1. The molecule has 3 heterocycles. The highest BCUT2D eigenvalue weighted by molar-refractivity contribution is 7.18. The first-order chi connectivity index (χ1) is 12.6. The maximum Gasteiger partial charge on any atom is 0.265 e. The Bertz CT molecular complexity index is 966. The zero-order valence-electron chi connectivity index (χ0n) is 13.8. The highest BCUT2D eigenvalue weighted by atomic mass is 35.5. The molecule has 1 amide bonds. The second kappa shape index (κ2) is 7.39. The number of anilines is 1. The van der Waals surface area contributed by atoms with E-state index in [4.69, 9.17) is 23.2 Å². The van der Waals surface area contributed by atoms with Crippen molar-refractivity contribution >= 4 is 46.1 Å². The molecule has 1 aromatic carbocycles. The Morgan fingerprint density at radius 2 is 2.00 bits per heavy atom. The number of benzene rings is 1. The minimum Gasteiger partial charge on any atom is -0.321 e. The average Bonchev–Trinajstić information content (AvgIpc) is 3.16. The van der Waals surface area contributed by atoms with Crippen molar-refractivity contribution in [1.82, 2.24) is 14.8 Å². The molecule has 0 saturated heterocycles. The zero-order chi connectivity index (χ0) is 18.1. The Kier molecular flexibility index (Phi) is 4.98. The second-order valence-electron chi connectivity index (χ2n) is 6.15. The molecule has 0 spiro atoms. The minimum atomic E-state index is -0.199. The molecule has 0 bridgehead atoms. The molecule has 0 atom stereocenters. The van der Waals surface area contributed by atoms with Gasteiger partial charge in [-0.25, -0.2) is 0 Å². The van der Waals surface area contributed by atoms with Crippen molar-refractivity contribution in [3.05, 3.63) is 50.4 Å². The number of amides is 1. The number of halogens is 2. The smallest absolute Gasteiger partial charge is 0.265 e. The van der Waals surface area contributed by atoms with Gasteiger partial charge in [0.25, 0.3) is 5.91 Å². The maximum atomic E-state index is 12.4. The van der Waals surface area contributed by atoms with Crippen molar-refractivity contribution in [3.63, 3.8) is 0 Å². The lowest BCUT2D eigenvalue weighted by Gasteiger charge is -2.11. The highest BCUT2D eigenvalue weighted by Crippen LogP contribution is 2.32. The summed E-state index contributed by atoms with van der Waals surface area (Å²) in [6.07, 6.45) is 4.35. The quantitative estimate of drug-likeness (QED) is 0.642. The van der Waals surface area contributed by atoms with Crippen molar-refractivity contribution in [1.29, 1.82) is 0 Å². The van der Waals surface area contributed by atoms with Gasteiger partial charge in [0.15, 0.2) is 5.82 Å². The summed E-state index contributed by atoms with van der Waals surface area (Å²) in [6, 6.07) is 8.81. The summed E-state index contributed by atoms with van der Waals surface area (Å²) in [5.41, 5.74) is 1.43. The van der Waals surface area contributed by atoms with Gasteiger partial charge in [0.1, 0.15) is 5.82 Å². The average molecular weight is 407 g/mol. The molecule has 1 aliphatic heterocycles. The predicted octanol–water partition coefficient (Wildman–Crippen LogP) is 5.29. The SMILES string of the molecule is O=C(Nc1ccc(Cl)c(-c2nnc3n2CCCCC3)c1)c1ccc(Cl)s1. The van der Waals surface area contributed by atoms with Crippen molar-refractivity contribution in [2.75, 3.05) is 5.32 Å². The van der Waals surface area contributed by atoms with Crippen LogP contribution < -0.4 is 5.32 Å². The number of thiophene rings is 1. The van der Waals surface area contributed by atoms with Gasteiger partial charge in [-0.2, -0.15) is 0 Å². The zero-order valence-corrected chi connectivity index (χ0v) is 16.2. The summed E-state index contributed by atoms with van der Waals surface area (Å²) in [4.78, 5) is 12.9. The summed E-state index contributed by atoms with van der Waals surface area (Å²) >= 11 is 13.6. The van der Waals surface area contributed by atoms with Gasteiger partial charge >= 0.3 is 0 Å². The lowest BCUT2D eigenvalue weighted by molar-refractivity contribution is 0.103. The number of nitrogens with one attached hydrogen (secondary N) is 1. The molecule has 0 radical (unpaired) electrons. The molecule has 0 aliphatic carbocycles. The molecule has 5 nitrogen and oxygen atoms in total. The topological polar surface area (TPSA) is 59.8 Å². The Morgan fingerprint density at radius 3 is 2.81 bits per heavy atom. The van der Waals surface area contributed by atoms with Crippen molar-refractivity contribution in [2.24, 2.45) is 0 Å². The predicted molar refractivity (Wildman–Crippen MR) is 105 cm³/mol. The van der Waals surface area contributed by atoms with E-state index in [1.165, 1.54) is 17.8 Å². The molecule has 3 aromatic rings. The first kappa shape index (κ1) is 17.5. The van der Waals surface area contributed by atoms with E-state index >= 15 is 0 Å². The summed E-state index contributed by atoms with van der Waals surface area (Å²) in [7, 11) is 0. The molecule has 1 N–H and O–H groups in total. The Morgan fingerprint density at radius 1 is 1.12 bits per heavy atom. The van der Waals surface area contributed by atoms with Gasteiger partial charge in [-0.05, 0) is 43.2 Å². The van der Waals surface area contributed by atoms with E-state index in [1.807, 2.05) is 6.07 Å². The third kappa shape index (κ3) is 3.49. The number of aromatic nitrogens is 3. The van der Waals surface area contributed by atoms with Crippen LogP contribution in [-0.2, 0) is 13.0 Å². The molecule has 1 aliphatic rings. The highest BCUT2D eigenvalue weighted by Gasteiger charge is 2.19. The van der Waals surface area contributed by atoms with Crippen LogP contribution >= 0.6 is 34.5 Å². The van der Waals surface area contributed by atoms with Crippen LogP contribution in [0.2, 0.25) is 9.36 Å². The van der Waals surface area contributed by atoms with E-state index in [0.717, 1.165) is 43.0 Å². The molecule has 26 heavy (non-hydrogen) atoms. The Labute approximate surface area is 165 Å². The van der Waals surface area contributed by atoms with Gasteiger partial charge in [0, 0.05) is 24.2 Å². The molecular weight excluding hydrogens is 391 g/mol. The number of hydrogen-bond acceptors (Lipinski definition) is 4. The van der Waals surface area contributed by atoms with E-state index in [9.17, 15) is 4.79 Å². The maximum absolute atomic E-state index is 12.4. The fourth-order valence-corrected chi connectivity index (χ4v) is 4.23. The molecule has 134 valence electrons. The first-order valence-electron chi connectivity index (χ1n) is 8.40. The third-order valence-electron chi connectivity index (χ3n) is 4.37. The molecule has 0 saturated carbocycles. The Hall–Kier alpha value is -1.89. The van der Waals surface area contributed by atoms with Crippen LogP contribution in [0.3, 0.4) is 0 Å². The molecular formula is C18H16Cl2N4OS. The van der Waals surface area contributed by atoms with Gasteiger partial charge in [-0.1, -0.05) is 29.6 Å². The monoisotopic (exact) mass is 406 g/mol.